The van der Waals surface area contributed by atoms with E-state index in [-0.39, 0.29) is 6.04 Å². The zero-order valence-electron chi connectivity index (χ0n) is 12.1. The molecule has 0 aromatic heterocycles. The highest BCUT2D eigenvalue weighted by atomic mass is 16.5. The van der Waals surface area contributed by atoms with Gasteiger partial charge in [0.1, 0.15) is 5.75 Å². The van der Waals surface area contributed by atoms with E-state index in [9.17, 15) is 0 Å². The summed E-state index contributed by atoms with van der Waals surface area (Å²) < 4.78 is 5.76. The summed E-state index contributed by atoms with van der Waals surface area (Å²) in [5.74, 6) is 1.75. The number of likely N-dealkylation sites (tertiary alicyclic amines) is 1. The molecule has 19 heavy (non-hydrogen) atoms. The van der Waals surface area contributed by atoms with E-state index in [4.69, 9.17) is 10.5 Å². The molecule has 0 spiro atoms. The van der Waals surface area contributed by atoms with Crippen LogP contribution >= 0.6 is 0 Å². The summed E-state index contributed by atoms with van der Waals surface area (Å²) >= 11 is 0. The van der Waals surface area contributed by atoms with Gasteiger partial charge in [-0.15, -0.1) is 0 Å². The molecule has 3 nitrogen and oxygen atoms in total. The quantitative estimate of drug-likeness (QED) is 0.887. The van der Waals surface area contributed by atoms with E-state index in [1.165, 1.54) is 18.4 Å². The minimum atomic E-state index is 0.283. The lowest BCUT2D eigenvalue weighted by Gasteiger charge is -2.37. The van der Waals surface area contributed by atoms with E-state index in [1.54, 1.807) is 0 Å². The molecule has 0 unspecified atom stereocenters. The Balaban J connectivity index is 2.20. The van der Waals surface area contributed by atoms with Crippen LogP contribution < -0.4 is 10.5 Å². The molecule has 2 rings (SSSR count). The van der Waals surface area contributed by atoms with Crippen molar-refractivity contribution in [2.75, 3.05) is 26.2 Å². The second kappa shape index (κ2) is 6.92. The third-order valence-electron chi connectivity index (χ3n) is 3.93. The standard InChI is InChI=1S/C16H26N2O/c1-3-19-16-9-5-4-8-14(16)15(11-17)18-10-6-7-13(2)12-18/h4-5,8-9,13,15H,3,6-7,10-12,17H2,1-2H3/t13-,15-/m0/s1. The lowest BCUT2D eigenvalue weighted by Crippen LogP contribution is -2.40. The van der Waals surface area contributed by atoms with Gasteiger partial charge in [-0.25, -0.2) is 0 Å². The smallest absolute Gasteiger partial charge is 0.124 e. The van der Waals surface area contributed by atoms with Gasteiger partial charge in [0.25, 0.3) is 0 Å². The van der Waals surface area contributed by atoms with Crippen molar-refractivity contribution in [3.05, 3.63) is 29.8 Å². The molecular weight excluding hydrogens is 236 g/mol. The van der Waals surface area contributed by atoms with Crippen molar-refractivity contribution in [2.45, 2.75) is 32.7 Å². The molecule has 2 atom stereocenters. The van der Waals surface area contributed by atoms with E-state index in [2.05, 4.69) is 30.0 Å². The SMILES string of the molecule is CCOc1ccccc1[C@H](CN)N1CCC[C@H](C)C1. The van der Waals surface area contributed by atoms with Gasteiger partial charge >= 0.3 is 0 Å². The van der Waals surface area contributed by atoms with Crippen LogP contribution in [0, 0.1) is 5.92 Å². The van der Waals surface area contributed by atoms with Crippen LogP contribution in [0.4, 0.5) is 0 Å². The van der Waals surface area contributed by atoms with Crippen molar-refractivity contribution < 1.29 is 4.74 Å². The van der Waals surface area contributed by atoms with Crippen LogP contribution in [0.15, 0.2) is 24.3 Å². The van der Waals surface area contributed by atoms with Crippen LogP contribution in [-0.2, 0) is 0 Å². The van der Waals surface area contributed by atoms with Gasteiger partial charge in [-0.2, -0.15) is 0 Å². The molecule has 0 saturated carbocycles. The lowest BCUT2D eigenvalue weighted by atomic mass is 9.96. The van der Waals surface area contributed by atoms with Gasteiger partial charge in [-0.3, -0.25) is 4.90 Å². The first-order valence-corrected chi connectivity index (χ1v) is 7.42. The van der Waals surface area contributed by atoms with E-state index in [0.717, 1.165) is 24.8 Å². The zero-order chi connectivity index (χ0) is 13.7. The second-order valence-corrected chi connectivity index (χ2v) is 5.46. The molecular formula is C16H26N2O. The summed E-state index contributed by atoms with van der Waals surface area (Å²) in [7, 11) is 0. The van der Waals surface area contributed by atoms with Crippen LogP contribution in [0.3, 0.4) is 0 Å². The van der Waals surface area contributed by atoms with Crippen LogP contribution in [0.2, 0.25) is 0 Å². The Morgan fingerprint density at radius 2 is 2.21 bits per heavy atom. The van der Waals surface area contributed by atoms with Gasteiger partial charge in [0.05, 0.1) is 12.6 Å². The predicted octanol–water partition coefficient (Wildman–Crippen LogP) is 2.82. The Morgan fingerprint density at radius 1 is 1.42 bits per heavy atom. The summed E-state index contributed by atoms with van der Waals surface area (Å²) in [6.07, 6.45) is 2.61. The first-order valence-electron chi connectivity index (χ1n) is 7.42. The Morgan fingerprint density at radius 3 is 2.89 bits per heavy atom. The van der Waals surface area contributed by atoms with Crippen LogP contribution in [0.5, 0.6) is 5.75 Å². The van der Waals surface area contributed by atoms with E-state index < -0.39 is 0 Å². The molecule has 1 aromatic rings. The number of piperidine rings is 1. The normalized spacial score (nSPS) is 22.2. The number of hydrogen-bond donors (Lipinski definition) is 1. The Hall–Kier alpha value is -1.06. The Bertz CT molecular complexity index is 394. The molecule has 0 radical (unpaired) electrons. The van der Waals surface area contributed by atoms with Gasteiger partial charge in [0.2, 0.25) is 0 Å². The largest absolute Gasteiger partial charge is 0.494 e. The van der Waals surface area contributed by atoms with Crippen molar-refractivity contribution in [3.63, 3.8) is 0 Å². The monoisotopic (exact) mass is 262 g/mol. The molecule has 1 saturated heterocycles. The maximum Gasteiger partial charge on any atom is 0.124 e. The van der Waals surface area contributed by atoms with Crippen LogP contribution in [0.1, 0.15) is 38.3 Å². The van der Waals surface area contributed by atoms with Crippen LogP contribution in [-0.4, -0.2) is 31.1 Å². The summed E-state index contributed by atoms with van der Waals surface area (Å²) in [4.78, 5) is 2.52. The molecule has 106 valence electrons. The maximum absolute atomic E-state index is 6.05. The van der Waals surface area contributed by atoms with Crippen LogP contribution in [0.25, 0.3) is 0 Å². The Labute approximate surface area is 116 Å². The number of ether oxygens (including phenoxy) is 1. The number of benzene rings is 1. The maximum atomic E-state index is 6.05. The van der Waals surface area contributed by atoms with Crippen molar-refractivity contribution >= 4 is 0 Å². The fourth-order valence-electron chi connectivity index (χ4n) is 3.02. The molecule has 0 amide bonds. The summed E-state index contributed by atoms with van der Waals surface area (Å²) in [5.41, 5.74) is 7.29. The molecule has 1 aliphatic rings. The van der Waals surface area contributed by atoms with Gasteiger partial charge in [0, 0.05) is 18.7 Å². The summed E-state index contributed by atoms with van der Waals surface area (Å²) in [6, 6.07) is 8.59. The van der Waals surface area contributed by atoms with Gasteiger partial charge in [0.15, 0.2) is 0 Å². The minimum absolute atomic E-state index is 0.283. The number of para-hydroxylation sites is 1. The first kappa shape index (κ1) is 14.4. The second-order valence-electron chi connectivity index (χ2n) is 5.46. The highest BCUT2D eigenvalue weighted by molar-refractivity contribution is 5.36. The molecule has 0 bridgehead atoms. The van der Waals surface area contributed by atoms with E-state index in [0.29, 0.717) is 13.2 Å². The number of nitrogens with zero attached hydrogens (tertiary/aromatic N) is 1. The molecule has 1 aliphatic heterocycles. The van der Waals surface area contributed by atoms with Gasteiger partial charge in [-0.1, -0.05) is 25.1 Å². The fraction of sp³-hybridized carbons (Fsp3) is 0.625. The Kier molecular flexibility index (Phi) is 5.23. The van der Waals surface area contributed by atoms with Crippen molar-refractivity contribution in [1.82, 2.24) is 4.90 Å². The van der Waals surface area contributed by atoms with Gasteiger partial charge < -0.3 is 10.5 Å². The molecule has 3 heteroatoms. The lowest BCUT2D eigenvalue weighted by molar-refractivity contribution is 0.130. The topological polar surface area (TPSA) is 38.5 Å². The van der Waals surface area contributed by atoms with Gasteiger partial charge in [-0.05, 0) is 38.3 Å². The number of nitrogens with two attached hydrogens (primary N) is 1. The minimum Gasteiger partial charge on any atom is -0.494 e. The molecule has 2 N–H and O–H groups in total. The summed E-state index contributed by atoms with van der Waals surface area (Å²) in [5, 5.41) is 0. The predicted molar refractivity (Wildman–Crippen MR) is 79.4 cm³/mol. The number of rotatable bonds is 5. The molecule has 0 aliphatic carbocycles. The number of hydrogen-bond acceptors (Lipinski definition) is 3. The molecule has 1 aromatic carbocycles. The first-order chi connectivity index (χ1) is 9.26. The summed E-state index contributed by atoms with van der Waals surface area (Å²) in [6.45, 7) is 7.99. The highest BCUT2D eigenvalue weighted by Crippen LogP contribution is 2.31. The molecule has 1 fully saturated rings. The van der Waals surface area contributed by atoms with E-state index >= 15 is 0 Å². The fourth-order valence-corrected chi connectivity index (χ4v) is 3.02. The third kappa shape index (κ3) is 3.48. The molecule has 1 heterocycles. The average molecular weight is 262 g/mol. The van der Waals surface area contributed by atoms with Crippen molar-refractivity contribution in [3.8, 4) is 5.75 Å². The van der Waals surface area contributed by atoms with Crippen molar-refractivity contribution in [2.24, 2.45) is 11.7 Å². The third-order valence-corrected chi connectivity index (χ3v) is 3.93. The average Bonchev–Trinajstić information content (AvgIpc) is 2.42. The zero-order valence-corrected chi connectivity index (χ0v) is 12.1. The van der Waals surface area contributed by atoms with E-state index in [1.807, 2.05) is 13.0 Å². The highest BCUT2D eigenvalue weighted by Gasteiger charge is 2.26. The van der Waals surface area contributed by atoms with Crippen molar-refractivity contribution in [1.29, 1.82) is 0 Å².